The number of nitrogens with two attached hydrogens (primary N) is 1. The van der Waals surface area contributed by atoms with Crippen LogP contribution in [0.5, 0.6) is 11.5 Å². The first kappa shape index (κ1) is 12.9. The third kappa shape index (κ3) is 2.81. The highest BCUT2D eigenvalue weighted by molar-refractivity contribution is 6.32. The fraction of sp³-hybridized carbons (Fsp3) is 0.214. The maximum absolute atomic E-state index is 6.14. The molecule has 3 nitrogen and oxygen atoms in total. The van der Waals surface area contributed by atoms with Crippen LogP contribution in [-0.4, -0.2) is 4.98 Å². The predicted octanol–water partition coefficient (Wildman–Crippen LogP) is 3.60. The van der Waals surface area contributed by atoms with E-state index in [-0.39, 0.29) is 0 Å². The zero-order chi connectivity index (χ0) is 13.1. The average molecular weight is 263 g/mol. The van der Waals surface area contributed by atoms with E-state index in [1.54, 1.807) is 6.20 Å². The van der Waals surface area contributed by atoms with Gasteiger partial charge in [-0.25, -0.2) is 0 Å². The Morgan fingerprint density at radius 2 is 2.00 bits per heavy atom. The Morgan fingerprint density at radius 1 is 1.22 bits per heavy atom. The molecule has 0 fully saturated rings. The Kier molecular flexibility index (Phi) is 3.84. The molecule has 2 aromatic rings. The van der Waals surface area contributed by atoms with Crippen molar-refractivity contribution < 1.29 is 4.74 Å². The molecule has 18 heavy (non-hydrogen) atoms. The fourth-order valence-electron chi connectivity index (χ4n) is 1.62. The fourth-order valence-corrected chi connectivity index (χ4v) is 1.89. The highest BCUT2D eigenvalue weighted by Gasteiger charge is 2.08. The molecule has 0 atom stereocenters. The summed E-state index contributed by atoms with van der Waals surface area (Å²) in [7, 11) is 0. The van der Waals surface area contributed by atoms with E-state index < -0.39 is 0 Å². The molecule has 2 N–H and O–H groups in total. The summed E-state index contributed by atoms with van der Waals surface area (Å²) in [6.07, 6.45) is 1.73. The third-order valence-electron chi connectivity index (χ3n) is 2.61. The highest BCUT2D eigenvalue weighted by Crippen LogP contribution is 2.31. The van der Waals surface area contributed by atoms with Gasteiger partial charge < -0.3 is 10.5 Å². The van der Waals surface area contributed by atoms with Crippen LogP contribution in [0, 0.1) is 13.8 Å². The number of nitrogens with zero attached hydrogens (tertiary/aromatic N) is 1. The molecule has 0 bridgehead atoms. The van der Waals surface area contributed by atoms with Crippen LogP contribution >= 0.6 is 11.6 Å². The molecule has 2 rings (SSSR count). The predicted molar refractivity (Wildman–Crippen MR) is 73.1 cm³/mol. The van der Waals surface area contributed by atoms with Crippen molar-refractivity contribution in [3.8, 4) is 11.5 Å². The summed E-state index contributed by atoms with van der Waals surface area (Å²) in [6.45, 7) is 4.27. The van der Waals surface area contributed by atoms with Crippen LogP contribution in [0.3, 0.4) is 0 Å². The van der Waals surface area contributed by atoms with Crippen molar-refractivity contribution in [2.75, 3.05) is 0 Å². The second kappa shape index (κ2) is 5.38. The Bertz CT molecular complexity index is 570. The first-order chi connectivity index (χ1) is 8.60. The lowest BCUT2D eigenvalue weighted by atomic mass is 10.2. The lowest BCUT2D eigenvalue weighted by Crippen LogP contribution is -2.01. The summed E-state index contributed by atoms with van der Waals surface area (Å²) in [5.41, 5.74) is 8.50. The highest BCUT2D eigenvalue weighted by atomic mass is 35.5. The lowest BCUT2D eigenvalue weighted by molar-refractivity contribution is 0.475. The van der Waals surface area contributed by atoms with Gasteiger partial charge in [-0.15, -0.1) is 0 Å². The number of benzene rings is 1. The van der Waals surface area contributed by atoms with Crippen molar-refractivity contribution in [2.45, 2.75) is 20.4 Å². The maximum atomic E-state index is 6.14. The number of hydrogen-bond acceptors (Lipinski definition) is 3. The molecule has 1 heterocycles. The Labute approximate surface area is 112 Å². The van der Waals surface area contributed by atoms with Gasteiger partial charge in [-0.3, -0.25) is 4.98 Å². The molecular weight excluding hydrogens is 248 g/mol. The van der Waals surface area contributed by atoms with Crippen molar-refractivity contribution in [3.63, 3.8) is 0 Å². The molecule has 0 unspecified atom stereocenters. The summed E-state index contributed by atoms with van der Waals surface area (Å²) < 4.78 is 5.82. The maximum Gasteiger partial charge on any atom is 0.146 e. The third-order valence-corrected chi connectivity index (χ3v) is 2.90. The van der Waals surface area contributed by atoms with Gasteiger partial charge in [0.25, 0.3) is 0 Å². The van der Waals surface area contributed by atoms with Crippen LogP contribution in [-0.2, 0) is 6.54 Å². The molecule has 0 aliphatic carbocycles. The van der Waals surface area contributed by atoms with Crippen molar-refractivity contribution >= 4 is 11.6 Å². The molecule has 1 aromatic heterocycles. The number of hydrogen-bond donors (Lipinski definition) is 1. The Morgan fingerprint density at radius 3 is 2.67 bits per heavy atom. The van der Waals surface area contributed by atoms with Gasteiger partial charge in [-0.1, -0.05) is 17.7 Å². The summed E-state index contributed by atoms with van der Waals surface area (Å²) >= 11 is 6.14. The first-order valence-corrected chi connectivity index (χ1v) is 6.07. The molecule has 0 amide bonds. The van der Waals surface area contributed by atoms with Gasteiger partial charge in [0.1, 0.15) is 11.5 Å². The van der Waals surface area contributed by atoms with E-state index in [9.17, 15) is 0 Å². The van der Waals surface area contributed by atoms with Gasteiger partial charge in [0.2, 0.25) is 0 Å². The van der Waals surface area contributed by atoms with Crippen LogP contribution in [0.2, 0.25) is 5.02 Å². The van der Waals surface area contributed by atoms with Crippen LogP contribution in [0.15, 0.2) is 30.5 Å². The lowest BCUT2D eigenvalue weighted by Gasteiger charge is -2.12. The number of halogens is 1. The minimum absolute atomic E-state index is 0.381. The van der Waals surface area contributed by atoms with Crippen molar-refractivity contribution in [1.29, 1.82) is 0 Å². The molecule has 0 aliphatic rings. The zero-order valence-electron chi connectivity index (χ0n) is 10.4. The van der Waals surface area contributed by atoms with Gasteiger partial charge in [0, 0.05) is 30.1 Å². The molecule has 0 spiro atoms. The van der Waals surface area contributed by atoms with Crippen molar-refractivity contribution in [3.05, 3.63) is 52.3 Å². The second-order valence-electron chi connectivity index (χ2n) is 4.17. The van der Waals surface area contributed by atoms with Gasteiger partial charge in [0.15, 0.2) is 0 Å². The molecule has 0 saturated heterocycles. The average Bonchev–Trinajstić information content (AvgIpc) is 2.33. The van der Waals surface area contributed by atoms with E-state index >= 15 is 0 Å². The summed E-state index contributed by atoms with van der Waals surface area (Å²) in [5, 5.41) is 0.590. The van der Waals surface area contributed by atoms with Crippen molar-refractivity contribution in [2.24, 2.45) is 5.73 Å². The number of aromatic nitrogens is 1. The Hall–Kier alpha value is -1.58. The molecular formula is C14H15ClN2O. The van der Waals surface area contributed by atoms with Gasteiger partial charge in [0.05, 0.1) is 5.02 Å². The summed E-state index contributed by atoms with van der Waals surface area (Å²) in [5.74, 6) is 1.33. The SMILES string of the molecule is Cc1ccc(Oc2cc(C)ncc2CN)c(Cl)c1. The number of rotatable bonds is 3. The zero-order valence-corrected chi connectivity index (χ0v) is 11.2. The molecule has 0 aliphatic heterocycles. The topological polar surface area (TPSA) is 48.1 Å². The Balaban J connectivity index is 2.36. The van der Waals surface area contributed by atoms with Crippen molar-refractivity contribution in [1.82, 2.24) is 4.98 Å². The first-order valence-electron chi connectivity index (χ1n) is 5.69. The molecule has 0 saturated carbocycles. The van der Waals surface area contributed by atoms with E-state index in [1.165, 1.54) is 0 Å². The van der Waals surface area contributed by atoms with E-state index in [2.05, 4.69) is 4.98 Å². The number of aryl methyl sites for hydroxylation is 2. The van der Waals surface area contributed by atoms with E-state index in [0.29, 0.717) is 23.1 Å². The van der Waals surface area contributed by atoms with E-state index in [0.717, 1.165) is 16.8 Å². The normalized spacial score (nSPS) is 10.4. The van der Waals surface area contributed by atoms with Gasteiger partial charge in [-0.2, -0.15) is 0 Å². The van der Waals surface area contributed by atoms with Crippen LogP contribution in [0.4, 0.5) is 0 Å². The number of ether oxygens (including phenoxy) is 1. The monoisotopic (exact) mass is 262 g/mol. The largest absolute Gasteiger partial charge is 0.455 e. The molecule has 4 heteroatoms. The number of pyridine rings is 1. The van der Waals surface area contributed by atoms with E-state index in [4.69, 9.17) is 22.1 Å². The van der Waals surface area contributed by atoms with Crippen LogP contribution in [0.25, 0.3) is 0 Å². The van der Waals surface area contributed by atoms with Crippen LogP contribution < -0.4 is 10.5 Å². The quantitative estimate of drug-likeness (QED) is 0.919. The molecule has 1 aromatic carbocycles. The standard InChI is InChI=1S/C14H15ClN2O/c1-9-3-4-13(12(15)5-9)18-14-6-10(2)17-8-11(14)7-16/h3-6,8H,7,16H2,1-2H3. The molecule has 94 valence electrons. The minimum atomic E-state index is 0.381. The summed E-state index contributed by atoms with van der Waals surface area (Å²) in [4.78, 5) is 4.20. The minimum Gasteiger partial charge on any atom is -0.455 e. The smallest absolute Gasteiger partial charge is 0.146 e. The van der Waals surface area contributed by atoms with Gasteiger partial charge in [-0.05, 0) is 31.5 Å². The van der Waals surface area contributed by atoms with Crippen LogP contribution in [0.1, 0.15) is 16.8 Å². The second-order valence-corrected chi connectivity index (χ2v) is 4.58. The molecule has 0 radical (unpaired) electrons. The van der Waals surface area contributed by atoms with E-state index in [1.807, 2.05) is 38.1 Å². The van der Waals surface area contributed by atoms with Gasteiger partial charge >= 0.3 is 0 Å². The summed E-state index contributed by atoms with van der Waals surface area (Å²) in [6, 6.07) is 7.54.